The zero-order valence-electron chi connectivity index (χ0n) is 14.0. The Morgan fingerprint density at radius 2 is 1.88 bits per heavy atom. The molecule has 3 nitrogen and oxygen atoms in total. The van der Waals surface area contributed by atoms with Gasteiger partial charge in [0.25, 0.3) is 0 Å². The third-order valence-corrected chi connectivity index (χ3v) is 5.00. The van der Waals surface area contributed by atoms with Crippen LogP contribution in [0.4, 0.5) is 5.69 Å². The van der Waals surface area contributed by atoms with Crippen LogP contribution >= 0.6 is 0 Å². The van der Waals surface area contributed by atoms with Gasteiger partial charge in [-0.05, 0) is 42.5 Å². The highest BCUT2D eigenvalue weighted by molar-refractivity contribution is 5.95. The molecular formula is C21H22N2O. The lowest BCUT2D eigenvalue weighted by atomic mass is 10.1. The molecule has 0 bridgehead atoms. The van der Waals surface area contributed by atoms with Gasteiger partial charge < -0.3 is 9.47 Å². The van der Waals surface area contributed by atoms with Crippen LogP contribution in [0.1, 0.15) is 24.0 Å². The van der Waals surface area contributed by atoms with E-state index in [-0.39, 0.29) is 5.91 Å². The lowest BCUT2D eigenvalue weighted by Gasteiger charge is -2.17. The quantitative estimate of drug-likeness (QED) is 0.711. The fourth-order valence-electron chi connectivity index (χ4n) is 3.79. The zero-order chi connectivity index (χ0) is 16.5. The molecule has 2 aromatic carbocycles. The third-order valence-electron chi connectivity index (χ3n) is 5.00. The van der Waals surface area contributed by atoms with Crippen molar-refractivity contribution in [3.63, 3.8) is 0 Å². The monoisotopic (exact) mass is 318 g/mol. The maximum atomic E-state index is 12.6. The number of carbonyl (C=O) groups excluding carboxylic acids is 1. The van der Waals surface area contributed by atoms with E-state index >= 15 is 0 Å². The van der Waals surface area contributed by atoms with Gasteiger partial charge in [-0.15, -0.1) is 0 Å². The average molecular weight is 318 g/mol. The molecule has 0 atom stereocenters. The average Bonchev–Trinajstić information content (AvgIpc) is 3.17. The number of nitrogens with zero attached hydrogens (tertiary/aromatic N) is 2. The Morgan fingerprint density at radius 3 is 2.79 bits per heavy atom. The summed E-state index contributed by atoms with van der Waals surface area (Å²) in [6, 6.07) is 16.7. The molecule has 2 heterocycles. The summed E-state index contributed by atoms with van der Waals surface area (Å²) in [4.78, 5) is 14.5. The largest absolute Gasteiger partial charge is 0.350 e. The van der Waals surface area contributed by atoms with Gasteiger partial charge in [0.05, 0.1) is 0 Å². The van der Waals surface area contributed by atoms with Crippen molar-refractivity contribution in [1.82, 2.24) is 4.57 Å². The SMILES string of the molecule is Cn1cc(CCCC(=O)N2CCc3ccccc32)c2ccccc21. The predicted molar refractivity (Wildman–Crippen MR) is 98.4 cm³/mol. The number of carbonyl (C=O) groups is 1. The molecule has 3 aromatic rings. The predicted octanol–water partition coefficient (Wildman–Crippen LogP) is 4.09. The van der Waals surface area contributed by atoms with Gasteiger partial charge in [0, 0.05) is 42.8 Å². The van der Waals surface area contributed by atoms with Gasteiger partial charge >= 0.3 is 0 Å². The van der Waals surface area contributed by atoms with E-state index in [1.807, 2.05) is 17.0 Å². The van der Waals surface area contributed by atoms with Crippen LogP contribution in [0.15, 0.2) is 54.7 Å². The lowest BCUT2D eigenvalue weighted by Crippen LogP contribution is -2.28. The minimum absolute atomic E-state index is 0.250. The molecule has 4 rings (SSSR count). The molecule has 3 heteroatoms. The molecule has 0 unspecified atom stereocenters. The van der Waals surface area contributed by atoms with E-state index in [1.54, 1.807) is 0 Å². The minimum Gasteiger partial charge on any atom is -0.350 e. The molecule has 0 spiro atoms. The van der Waals surface area contributed by atoms with Gasteiger partial charge in [-0.3, -0.25) is 4.79 Å². The van der Waals surface area contributed by atoms with Crippen molar-refractivity contribution < 1.29 is 4.79 Å². The van der Waals surface area contributed by atoms with Gasteiger partial charge in [-0.25, -0.2) is 0 Å². The Bertz CT molecular complexity index is 894. The first-order valence-electron chi connectivity index (χ1n) is 8.65. The van der Waals surface area contributed by atoms with E-state index in [2.05, 4.69) is 54.2 Å². The number of hydrogen-bond acceptors (Lipinski definition) is 1. The van der Waals surface area contributed by atoms with Gasteiger partial charge in [-0.1, -0.05) is 36.4 Å². The van der Waals surface area contributed by atoms with Crippen molar-refractivity contribution in [2.24, 2.45) is 7.05 Å². The number of fused-ring (bicyclic) bond motifs is 2. The number of aryl methyl sites for hydroxylation is 2. The summed E-state index contributed by atoms with van der Waals surface area (Å²) in [5.74, 6) is 0.250. The van der Waals surface area contributed by atoms with E-state index in [4.69, 9.17) is 0 Å². The molecule has 1 aliphatic rings. The molecule has 1 aromatic heterocycles. The summed E-state index contributed by atoms with van der Waals surface area (Å²) in [5.41, 5.74) is 4.99. The lowest BCUT2D eigenvalue weighted by molar-refractivity contribution is -0.118. The molecule has 122 valence electrons. The van der Waals surface area contributed by atoms with Crippen LogP contribution < -0.4 is 4.90 Å². The molecule has 0 saturated carbocycles. The van der Waals surface area contributed by atoms with E-state index in [0.29, 0.717) is 6.42 Å². The highest BCUT2D eigenvalue weighted by Crippen LogP contribution is 2.28. The highest BCUT2D eigenvalue weighted by atomic mass is 16.2. The molecule has 1 aliphatic heterocycles. The van der Waals surface area contributed by atoms with E-state index < -0.39 is 0 Å². The van der Waals surface area contributed by atoms with Crippen molar-refractivity contribution in [3.05, 3.63) is 65.9 Å². The maximum absolute atomic E-state index is 12.6. The number of aromatic nitrogens is 1. The van der Waals surface area contributed by atoms with Gasteiger partial charge in [-0.2, -0.15) is 0 Å². The molecule has 24 heavy (non-hydrogen) atoms. The second-order valence-electron chi connectivity index (χ2n) is 6.56. The van der Waals surface area contributed by atoms with Crippen LogP contribution in [0.5, 0.6) is 0 Å². The summed E-state index contributed by atoms with van der Waals surface area (Å²) in [6.07, 6.45) is 5.62. The van der Waals surface area contributed by atoms with Crippen LogP contribution in [-0.4, -0.2) is 17.0 Å². The van der Waals surface area contributed by atoms with E-state index in [0.717, 1.165) is 31.5 Å². The molecule has 0 saturated heterocycles. The van der Waals surface area contributed by atoms with Crippen LogP contribution in [0.3, 0.4) is 0 Å². The number of para-hydroxylation sites is 2. The highest BCUT2D eigenvalue weighted by Gasteiger charge is 2.23. The topological polar surface area (TPSA) is 25.2 Å². The van der Waals surface area contributed by atoms with Crippen LogP contribution in [-0.2, 0) is 24.7 Å². The van der Waals surface area contributed by atoms with Crippen LogP contribution in [0.2, 0.25) is 0 Å². The van der Waals surface area contributed by atoms with Crippen molar-refractivity contribution >= 4 is 22.5 Å². The Hall–Kier alpha value is -2.55. The van der Waals surface area contributed by atoms with Crippen molar-refractivity contribution in [3.8, 4) is 0 Å². The third kappa shape index (κ3) is 2.60. The summed E-state index contributed by atoms with van der Waals surface area (Å²) in [6.45, 7) is 0.826. The van der Waals surface area contributed by atoms with Gasteiger partial charge in [0.1, 0.15) is 0 Å². The second-order valence-corrected chi connectivity index (χ2v) is 6.56. The standard InChI is InChI=1S/C21H22N2O/c1-22-15-17(18-9-3-5-11-20(18)22)8-6-12-21(24)23-14-13-16-7-2-4-10-19(16)23/h2-5,7,9-11,15H,6,8,12-14H2,1H3. The summed E-state index contributed by atoms with van der Waals surface area (Å²) in [7, 11) is 2.08. The summed E-state index contributed by atoms with van der Waals surface area (Å²) in [5, 5.41) is 1.30. The fraction of sp³-hybridized carbons (Fsp3) is 0.286. The first-order valence-corrected chi connectivity index (χ1v) is 8.65. The maximum Gasteiger partial charge on any atom is 0.227 e. The van der Waals surface area contributed by atoms with Gasteiger partial charge in [0.2, 0.25) is 5.91 Å². The Morgan fingerprint density at radius 1 is 1.08 bits per heavy atom. The smallest absolute Gasteiger partial charge is 0.227 e. The Labute approximate surface area is 142 Å². The van der Waals surface area contributed by atoms with E-state index in [9.17, 15) is 4.79 Å². The Kier molecular flexibility index (Phi) is 3.85. The minimum atomic E-state index is 0.250. The summed E-state index contributed by atoms with van der Waals surface area (Å²) < 4.78 is 2.17. The molecule has 0 N–H and O–H groups in total. The van der Waals surface area contributed by atoms with Crippen molar-refractivity contribution in [2.45, 2.75) is 25.7 Å². The number of hydrogen-bond donors (Lipinski definition) is 0. The molecule has 0 fully saturated rings. The normalized spacial score (nSPS) is 13.5. The number of anilines is 1. The number of amides is 1. The zero-order valence-corrected chi connectivity index (χ0v) is 14.0. The van der Waals surface area contributed by atoms with Crippen molar-refractivity contribution in [1.29, 1.82) is 0 Å². The molecule has 0 radical (unpaired) electrons. The Balaban J connectivity index is 1.42. The second kappa shape index (κ2) is 6.16. The summed E-state index contributed by atoms with van der Waals surface area (Å²) >= 11 is 0. The van der Waals surface area contributed by atoms with Gasteiger partial charge in [0.15, 0.2) is 0 Å². The van der Waals surface area contributed by atoms with Crippen LogP contribution in [0.25, 0.3) is 10.9 Å². The van der Waals surface area contributed by atoms with E-state index in [1.165, 1.54) is 22.0 Å². The molecule has 0 aliphatic carbocycles. The van der Waals surface area contributed by atoms with Crippen molar-refractivity contribution in [2.75, 3.05) is 11.4 Å². The molecular weight excluding hydrogens is 296 g/mol. The first-order chi connectivity index (χ1) is 11.7. The number of benzene rings is 2. The number of rotatable bonds is 4. The molecule has 1 amide bonds. The van der Waals surface area contributed by atoms with Crippen LogP contribution in [0, 0.1) is 0 Å². The fourth-order valence-corrected chi connectivity index (χ4v) is 3.79. The first kappa shape index (κ1) is 15.0.